The topological polar surface area (TPSA) is 157 Å². The van der Waals surface area contributed by atoms with Crippen LogP contribution >= 0.6 is 0 Å². The molecule has 6 N–H and O–H groups in total. The van der Waals surface area contributed by atoms with Crippen LogP contribution < -0.4 is 20.7 Å². The van der Waals surface area contributed by atoms with E-state index in [0.29, 0.717) is 30.1 Å². The first-order valence-electron chi connectivity index (χ1n) is 9.83. The van der Waals surface area contributed by atoms with Gasteiger partial charge in [0.15, 0.2) is 11.5 Å². The molecule has 1 unspecified atom stereocenters. The molecule has 3 aromatic rings. The van der Waals surface area contributed by atoms with Gasteiger partial charge in [0.2, 0.25) is 0 Å². The van der Waals surface area contributed by atoms with E-state index in [4.69, 9.17) is 14.9 Å². The Morgan fingerprint density at radius 3 is 2.58 bits per heavy atom. The Labute approximate surface area is 180 Å². The van der Waals surface area contributed by atoms with Crippen LogP contribution in [0.1, 0.15) is 12.0 Å². The van der Waals surface area contributed by atoms with Gasteiger partial charge in [-0.25, -0.2) is 19.7 Å². The van der Waals surface area contributed by atoms with E-state index in [0.717, 1.165) is 25.3 Å². The highest BCUT2D eigenvalue weighted by Gasteiger charge is 2.08. The van der Waals surface area contributed by atoms with Gasteiger partial charge in [-0.05, 0) is 32.0 Å². The fraction of sp³-hybridized carbons (Fsp3) is 0.400. The van der Waals surface area contributed by atoms with Crippen LogP contribution in [0.5, 0.6) is 5.75 Å². The van der Waals surface area contributed by atoms with Crippen LogP contribution in [0.15, 0.2) is 36.9 Å². The summed E-state index contributed by atoms with van der Waals surface area (Å²) in [6.45, 7) is 4.58. The van der Waals surface area contributed by atoms with Crippen molar-refractivity contribution in [1.29, 1.82) is 0 Å². The normalized spacial score (nSPS) is 14.6. The molecule has 3 heterocycles. The lowest BCUT2D eigenvalue weighted by Crippen LogP contribution is -2.27. The van der Waals surface area contributed by atoms with Gasteiger partial charge < -0.3 is 35.9 Å². The zero-order chi connectivity index (χ0) is 22.5. The molecule has 2 aromatic heterocycles. The van der Waals surface area contributed by atoms with Gasteiger partial charge in [0.25, 0.3) is 0 Å². The van der Waals surface area contributed by atoms with Crippen LogP contribution in [0.2, 0.25) is 0 Å². The first-order valence-corrected chi connectivity index (χ1v) is 9.83. The van der Waals surface area contributed by atoms with Crippen molar-refractivity contribution in [3.8, 4) is 5.75 Å². The number of imidazole rings is 1. The summed E-state index contributed by atoms with van der Waals surface area (Å²) in [5, 5.41) is 25.3. The van der Waals surface area contributed by atoms with E-state index in [-0.39, 0.29) is 6.10 Å². The predicted molar refractivity (Wildman–Crippen MR) is 117 cm³/mol. The zero-order valence-corrected chi connectivity index (χ0v) is 17.6. The van der Waals surface area contributed by atoms with E-state index in [2.05, 4.69) is 42.8 Å². The molecule has 11 heteroatoms. The predicted octanol–water partition coefficient (Wildman–Crippen LogP) is 1.38. The largest absolute Gasteiger partial charge is 0.497 e. The summed E-state index contributed by atoms with van der Waals surface area (Å²) < 4.78 is 4.97. The van der Waals surface area contributed by atoms with E-state index >= 15 is 0 Å². The number of benzene rings is 1. The minimum Gasteiger partial charge on any atom is -0.497 e. The van der Waals surface area contributed by atoms with Gasteiger partial charge in [0, 0.05) is 19.6 Å². The number of aliphatic hydroxyl groups excluding tert-OH is 1. The van der Waals surface area contributed by atoms with E-state index < -0.39 is 6.09 Å². The number of amides is 1. The number of nitrogens with zero attached hydrogens (tertiary/aromatic N) is 3. The van der Waals surface area contributed by atoms with E-state index in [9.17, 15) is 4.79 Å². The molecule has 168 valence electrons. The number of fused-ring (bicyclic) bond motifs is 1. The molecule has 1 aliphatic heterocycles. The maximum Gasteiger partial charge on any atom is 0.404 e. The highest BCUT2D eigenvalue weighted by atomic mass is 16.5. The van der Waals surface area contributed by atoms with Crippen LogP contribution in [-0.2, 0) is 0 Å². The van der Waals surface area contributed by atoms with Crippen molar-refractivity contribution in [3.63, 3.8) is 0 Å². The highest BCUT2D eigenvalue weighted by molar-refractivity contribution is 5.81. The molecule has 1 fully saturated rings. The summed E-state index contributed by atoms with van der Waals surface area (Å²) in [6, 6.07) is 7.96. The van der Waals surface area contributed by atoms with Gasteiger partial charge in [-0.1, -0.05) is 17.7 Å². The third-order valence-electron chi connectivity index (χ3n) is 4.21. The molecular formula is C20H29N7O4. The van der Waals surface area contributed by atoms with Crippen molar-refractivity contribution in [2.24, 2.45) is 0 Å². The number of rotatable bonds is 5. The van der Waals surface area contributed by atoms with Gasteiger partial charge in [-0.3, -0.25) is 0 Å². The first kappa shape index (κ1) is 23.8. The smallest absolute Gasteiger partial charge is 0.404 e. The second kappa shape index (κ2) is 13.0. The quantitative estimate of drug-likeness (QED) is 0.328. The molecule has 0 aliphatic carbocycles. The summed E-state index contributed by atoms with van der Waals surface area (Å²) >= 11 is 0. The van der Waals surface area contributed by atoms with Crippen LogP contribution in [0.25, 0.3) is 11.2 Å². The van der Waals surface area contributed by atoms with Crippen molar-refractivity contribution >= 4 is 23.1 Å². The molecule has 4 rings (SSSR count). The Morgan fingerprint density at radius 2 is 2.00 bits per heavy atom. The van der Waals surface area contributed by atoms with E-state index in [1.165, 1.54) is 18.2 Å². The number of aliphatic hydroxyl groups is 1. The monoisotopic (exact) mass is 431 g/mol. The number of hydrogen-bond donors (Lipinski definition) is 6. The van der Waals surface area contributed by atoms with E-state index in [1.807, 2.05) is 24.3 Å². The lowest BCUT2D eigenvalue weighted by atomic mass is 10.2. The number of aryl methyl sites for hydroxylation is 1. The van der Waals surface area contributed by atoms with Gasteiger partial charge in [-0.2, -0.15) is 0 Å². The third kappa shape index (κ3) is 8.84. The highest BCUT2D eigenvalue weighted by Crippen LogP contribution is 2.13. The SMILES string of the molecule is COc1ccc(C)cc1.O=C(O)NCCNc1ncnc2nc[nH]c12.OC1CCNC1. The van der Waals surface area contributed by atoms with Crippen molar-refractivity contribution in [3.05, 3.63) is 42.5 Å². The number of carbonyl (C=O) groups is 1. The molecule has 1 aliphatic rings. The van der Waals surface area contributed by atoms with Gasteiger partial charge in [0.1, 0.15) is 17.6 Å². The molecule has 0 radical (unpaired) electrons. The van der Waals surface area contributed by atoms with Crippen molar-refractivity contribution < 1.29 is 19.7 Å². The molecule has 11 nitrogen and oxygen atoms in total. The number of nitrogens with one attached hydrogen (secondary N) is 4. The molecule has 0 saturated carbocycles. The van der Waals surface area contributed by atoms with Crippen molar-refractivity contribution in [2.45, 2.75) is 19.4 Å². The second-order valence-corrected chi connectivity index (χ2v) is 6.65. The van der Waals surface area contributed by atoms with Crippen LogP contribution in [-0.4, -0.2) is 75.6 Å². The molecule has 31 heavy (non-hydrogen) atoms. The maximum atomic E-state index is 10.2. The number of β-amino-alcohol motifs (C(OH)–C–C–N with tert-alkyl or cyclic N) is 1. The third-order valence-corrected chi connectivity index (χ3v) is 4.21. The number of aromatic nitrogens is 4. The van der Waals surface area contributed by atoms with Crippen LogP contribution in [0.3, 0.4) is 0 Å². The molecule has 1 saturated heterocycles. The average molecular weight is 431 g/mol. The minimum absolute atomic E-state index is 0.0648. The second-order valence-electron chi connectivity index (χ2n) is 6.65. The molecular weight excluding hydrogens is 402 g/mol. The summed E-state index contributed by atoms with van der Waals surface area (Å²) in [5.74, 6) is 1.52. The fourth-order valence-corrected chi connectivity index (χ4v) is 2.56. The van der Waals surface area contributed by atoms with Crippen LogP contribution in [0.4, 0.5) is 10.6 Å². The molecule has 1 atom stereocenters. The van der Waals surface area contributed by atoms with Crippen molar-refractivity contribution in [2.75, 3.05) is 38.6 Å². The minimum atomic E-state index is -1.05. The molecule has 1 amide bonds. The molecule has 0 bridgehead atoms. The Balaban J connectivity index is 0.000000190. The summed E-state index contributed by atoms with van der Waals surface area (Å²) in [5.41, 5.74) is 2.54. The van der Waals surface area contributed by atoms with Gasteiger partial charge in [-0.15, -0.1) is 0 Å². The van der Waals surface area contributed by atoms with Crippen LogP contribution in [0, 0.1) is 6.92 Å². The zero-order valence-electron chi connectivity index (χ0n) is 17.6. The number of aromatic amines is 1. The Kier molecular flexibility index (Phi) is 9.98. The number of methoxy groups -OCH3 is 1. The Bertz CT molecular complexity index is 911. The number of hydrogen-bond acceptors (Lipinski definition) is 8. The number of anilines is 1. The van der Waals surface area contributed by atoms with E-state index in [1.54, 1.807) is 7.11 Å². The fourth-order valence-electron chi connectivity index (χ4n) is 2.56. The molecule has 1 aromatic carbocycles. The maximum absolute atomic E-state index is 10.2. The lowest BCUT2D eigenvalue weighted by Gasteiger charge is -2.05. The molecule has 0 spiro atoms. The average Bonchev–Trinajstić information content (AvgIpc) is 3.44. The summed E-state index contributed by atoms with van der Waals surface area (Å²) in [6.07, 6.45) is 2.75. The standard InChI is InChI=1S/C8H10N6O2.C8H10O.C4H9NO/c15-8(16)10-2-1-9-6-5-7(12-3-11-5)14-4-13-6;1-7-3-5-8(9-2)6-4-7;6-4-1-2-5-3-4/h3-4,10H,1-2H2,(H,15,16)(H2,9,11,12,13,14);3-6H,1-2H3;4-6H,1-3H2. The number of H-pyrrole nitrogens is 1. The van der Waals surface area contributed by atoms with Gasteiger partial charge in [0.05, 0.1) is 19.5 Å². The Morgan fingerprint density at radius 1 is 1.23 bits per heavy atom. The van der Waals surface area contributed by atoms with Gasteiger partial charge >= 0.3 is 6.09 Å². The lowest BCUT2D eigenvalue weighted by molar-refractivity contribution is 0.194. The van der Waals surface area contributed by atoms with Crippen molar-refractivity contribution in [1.82, 2.24) is 30.6 Å². The summed E-state index contributed by atoms with van der Waals surface area (Å²) in [4.78, 5) is 25.1. The number of ether oxygens (including phenoxy) is 1. The first-order chi connectivity index (χ1) is 15.0. The summed E-state index contributed by atoms with van der Waals surface area (Å²) in [7, 11) is 1.67. The Hall–Kier alpha value is -3.44. The number of carboxylic acid groups (broad SMARTS) is 1.